The molecule has 0 unspecified atom stereocenters. The van der Waals surface area contributed by atoms with Crippen LogP contribution in [0.1, 0.15) is 0 Å². The Balaban J connectivity index is 1.97. The van der Waals surface area contributed by atoms with Gasteiger partial charge in [-0.15, -0.1) is 6.42 Å². The molecule has 0 spiro atoms. The zero-order chi connectivity index (χ0) is 13.9. The predicted octanol–water partition coefficient (Wildman–Crippen LogP) is 1.95. The zero-order valence-electron chi connectivity index (χ0n) is 10.8. The Labute approximate surface area is 116 Å². The summed E-state index contributed by atoms with van der Waals surface area (Å²) in [6, 6.07) is 9.86. The van der Waals surface area contributed by atoms with Crippen LogP contribution in [0.4, 0.5) is 5.82 Å². The summed E-state index contributed by atoms with van der Waals surface area (Å²) in [6.45, 7) is 0.408. The van der Waals surface area contributed by atoms with Gasteiger partial charge in [0.25, 0.3) is 0 Å². The van der Waals surface area contributed by atoms with E-state index in [1.807, 2.05) is 36.5 Å². The number of imidazole rings is 1. The molecule has 0 aliphatic rings. The van der Waals surface area contributed by atoms with Gasteiger partial charge in [0.1, 0.15) is 11.5 Å². The fourth-order valence-corrected chi connectivity index (χ4v) is 2.01. The molecule has 98 valence electrons. The van der Waals surface area contributed by atoms with Gasteiger partial charge in [0.15, 0.2) is 0 Å². The highest BCUT2D eigenvalue weighted by Crippen LogP contribution is 2.24. The van der Waals surface area contributed by atoms with Crippen LogP contribution < -0.4 is 5.73 Å². The van der Waals surface area contributed by atoms with Crippen molar-refractivity contribution in [2.24, 2.45) is 0 Å². The quantitative estimate of drug-likeness (QED) is 0.735. The summed E-state index contributed by atoms with van der Waals surface area (Å²) in [5, 5.41) is 4.33. The molecule has 3 aromatic rings. The second-order valence-corrected chi connectivity index (χ2v) is 4.32. The zero-order valence-corrected chi connectivity index (χ0v) is 10.8. The molecular formula is C15H13N5. The van der Waals surface area contributed by atoms with E-state index in [9.17, 15) is 0 Å². The van der Waals surface area contributed by atoms with Crippen LogP contribution in [0.3, 0.4) is 0 Å². The van der Waals surface area contributed by atoms with Gasteiger partial charge in [-0.1, -0.05) is 24.1 Å². The normalized spacial score (nSPS) is 10.3. The van der Waals surface area contributed by atoms with Crippen LogP contribution in [0.25, 0.3) is 16.9 Å². The van der Waals surface area contributed by atoms with Crippen molar-refractivity contribution in [3.05, 3.63) is 49.1 Å². The lowest BCUT2D eigenvalue weighted by Crippen LogP contribution is -2.00. The molecule has 0 saturated carbocycles. The van der Waals surface area contributed by atoms with Crippen LogP contribution >= 0.6 is 0 Å². The first-order valence-corrected chi connectivity index (χ1v) is 6.14. The summed E-state index contributed by atoms with van der Waals surface area (Å²) in [7, 11) is 0. The largest absolute Gasteiger partial charge is 0.383 e. The number of terminal acetylenes is 1. The van der Waals surface area contributed by atoms with Gasteiger partial charge in [-0.2, -0.15) is 5.10 Å². The molecule has 3 rings (SSSR count). The molecule has 0 aliphatic heterocycles. The number of benzene rings is 1. The Hall–Kier alpha value is -3.00. The summed E-state index contributed by atoms with van der Waals surface area (Å²) in [4.78, 5) is 4.30. The van der Waals surface area contributed by atoms with Crippen LogP contribution in [-0.4, -0.2) is 19.3 Å². The lowest BCUT2D eigenvalue weighted by Gasteiger charge is -2.00. The third-order valence-electron chi connectivity index (χ3n) is 3.02. The van der Waals surface area contributed by atoms with Gasteiger partial charge in [0, 0.05) is 11.8 Å². The average molecular weight is 263 g/mol. The molecular weight excluding hydrogens is 250 g/mol. The number of hydrogen-bond acceptors (Lipinski definition) is 3. The summed E-state index contributed by atoms with van der Waals surface area (Å²) in [5.74, 6) is 3.09. The standard InChI is InChI=1S/C15H13N5/c1-2-8-19-11-17-14(15(19)16)12-9-18-20(10-12)13-6-4-3-5-7-13/h1,3-7,9-11H,8,16H2. The molecule has 2 aromatic heterocycles. The first-order chi connectivity index (χ1) is 9.79. The van der Waals surface area contributed by atoms with E-state index in [-0.39, 0.29) is 0 Å². The lowest BCUT2D eigenvalue weighted by molar-refractivity contribution is 0.852. The minimum absolute atomic E-state index is 0.408. The molecule has 20 heavy (non-hydrogen) atoms. The van der Waals surface area contributed by atoms with Gasteiger partial charge in [0.05, 0.1) is 24.8 Å². The summed E-state index contributed by atoms with van der Waals surface area (Å²) in [6.07, 6.45) is 10.6. The maximum Gasteiger partial charge on any atom is 0.132 e. The summed E-state index contributed by atoms with van der Waals surface area (Å²) < 4.78 is 3.52. The van der Waals surface area contributed by atoms with Crippen LogP contribution in [0, 0.1) is 12.3 Å². The van der Waals surface area contributed by atoms with Gasteiger partial charge in [0.2, 0.25) is 0 Å². The third-order valence-corrected chi connectivity index (χ3v) is 3.02. The van der Waals surface area contributed by atoms with E-state index in [1.54, 1.807) is 21.8 Å². The second-order valence-electron chi connectivity index (χ2n) is 4.32. The van der Waals surface area contributed by atoms with Gasteiger partial charge in [-0.25, -0.2) is 9.67 Å². The molecule has 1 aromatic carbocycles. The number of para-hydroxylation sites is 1. The van der Waals surface area contributed by atoms with Crippen LogP contribution in [-0.2, 0) is 6.54 Å². The van der Waals surface area contributed by atoms with Crippen molar-refractivity contribution in [2.75, 3.05) is 5.73 Å². The van der Waals surface area contributed by atoms with E-state index < -0.39 is 0 Å². The molecule has 0 aliphatic carbocycles. The molecule has 5 nitrogen and oxygen atoms in total. The molecule has 0 atom stereocenters. The predicted molar refractivity (Wildman–Crippen MR) is 78.0 cm³/mol. The first-order valence-electron chi connectivity index (χ1n) is 6.14. The fraction of sp³-hybridized carbons (Fsp3) is 0.0667. The van der Waals surface area contributed by atoms with Gasteiger partial charge in [-0.3, -0.25) is 0 Å². The molecule has 5 heteroatoms. The Kier molecular flexibility index (Phi) is 2.98. The number of aromatic nitrogens is 4. The minimum Gasteiger partial charge on any atom is -0.383 e. The van der Waals surface area contributed by atoms with Gasteiger partial charge < -0.3 is 10.3 Å². The molecule has 0 amide bonds. The number of nitrogen functional groups attached to an aromatic ring is 1. The van der Waals surface area contributed by atoms with Crippen LogP contribution in [0.5, 0.6) is 0 Å². The van der Waals surface area contributed by atoms with Crippen molar-refractivity contribution in [1.82, 2.24) is 19.3 Å². The smallest absolute Gasteiger partial charge is 0.132 e. The Morgan fingerprint density at radius 3 is 2.80 bits per heavy atom. The number of anilines is 1. The van der Waals surface area contributed by atoms with Gasteiger partial charge in [-0.05, 0) is 12.1 Å². The van der Waals surface area contributed by atoms with E-state index in [4.69, 9.17) is 12.2 Å². The van der Waals surface area contributed by atoms with E-state index in [1.165, 1.54) is 0 Å². The van der Waals surface area contributed by atoms with Gasteiger partial charge >= 0.3 is 0 Å². The topological polar surface area (TPSA) is 61.7 Å². The Morgan fingerprint density at radius 1 is 1.25 bits per heavy atom. The fourth-order valence-electron chi connectivity index (χ4n) is 2.01. The van der Waals surface area contributed by atoms with E-state index >= 15 is 0 Å². The van der Waals surface area contributed by atoms with Crippen LogP contribution in [0.15, 0.2) is 49.1 Å². The van der Waals surface area contributed by atoms with Crippen LogP contribution in [0.2, 0.25) is 0 Å². The summed E-state index contributed by atoms with van der Waals surface area (Å²) in [5.41, 5.74) is 8.58. The monoisotopic (exact) mass is 263 g/mol. The SMILES string of the molecule is C#CCn1cnc(-c2cnn(-c3ccccc3)c2)c1N. The molecule has 0 radical (unpaired) electrons. The third kappa shape index (κ3) is 2.04. The molecule has 0 saturated heterocycles. The highest BCUT2D eigenvalue weighted by molar-refractivity contribution is 5.69. The highest BCUT2D eigenvalue weighted by atomic mass is 15.3. The van der Waals surface area contributed by atoms with Crippen molar-refractivity contribution in [2.45, 2.75) is 6.54 Å². The maximum absolute atomic E-state index is 6.04. The molecule has 0 fully saturated rings. The second kappa shape index (κ2) is 4.94. The first kappa shape index (κ1) is 12.1. The van der Waals surface area contributed by atoms with E-state index in [0.29, 0.717) is 18.1 Å². The van der Waals surface area contributed by atoms with Crippen molar-refractivity contribution < 1.29 is 0 Å². The number of nitrogens with zero attached hydrogens (tertiary/aromatic N) is 4. The number of nitrogens with two attached hydrogens (primary N) is 1. The van der Waals surface area contributed by atoms with Crippen molar-refractivity contribution in [3.8, 4) is 29.3 Å². The van der Waals surface area contributed by atoms with Crippen molar-refractivity contribution >= 4 is 5.82 Å². The molecule has 2 heterocycles. The average Bonchev–Trinajstić information content (AvgIpc) is 3.08. The lowest BCUT2D eigenvalue weighted by atomic mass is 10.2. The number of hydrogen-bond donors (Lipinski definition) is 1. The Bertz CT molecular complexity index is 761. The van der Waals surface area contributed by atoms with Crippen molar-refractivity contribution in [1.29, 1.82) is 0 Å². The Morgan fingerprint density at radius 2 is 2.05 bits per heavy atom. The van der Waals surface area contributed by atoms with Crippen molar-refractivity contribution in [3.63, 3.8) is 0 Å². The van der Waals surface area contributed by atoms with E-state index in [0.717, 1.165) is 11.3 Å². The summed E-state index contributed by atoms with van der Waals surface area (Å²) >= 11 is 0. The van der Waals surface area contributed by atoms with E-state index in [2.05, 4.69) is 16.0 Å². The highest BCUT2D eigenvalue weighted by Gasteiger charge is 2.11. The molecule has 2 N–H and O–H groups in total. The minimum atomic E-state index is 0.408. The maximum atomic E-state index is 6.04. The molecule has 0 bridgehead atoms. The number of rotatable bonds is 3.